The number of benzene rings is 2. The van der Waals surface area contributed by atoms with Gasteiger partial charge in [-0.25, -0.2) is 0 Å². The Labute approximate surface area is 178 Å². The molecule has 4 rings (SSSR count). The third-order valence-corrected chi connectivity index (χ3v) is 7.73. The molecule has 3 nitrogen and oxygen atoms in total. The van der Waals surface area contributed by atoms with E-state index >= 15 is 0 Å². The van der Waals surface area contributed by atoms with Gasteiger partial charge in [-0.3, -0.25) is 4.79 Å². The van der Waals surface area contributed by atoms with Crippen LogP contribution in [0.4, 0.5) is 0 Å². The number of nitrogens with one attached hydrogen (secondary N) is 1. The van der Waals surface area contributed by atoms with Gasteiger partial charge in [0, 0.05) is 10.9 Å². The Morgan fingerprint density at radius 3 is 2.45 bits per heavy atom. The van der Waals surface area contributed by atoms with E-state index in [4.69, 9.17) is 11.6 Å². The first-order valence-electron chi connectivity index (χ1n) is 10.7. The van der Waals surface area contributed by atoms with Crippen LogP contribution in [0.2, 0.25) is 5.02 Å². The number of aliphatic hydroxyl groups excluding tert-OH is 1. The number of fused-ring (bicyclic) bond motifs is 1. The molecule has 0 aromatic heterocycles. The Morgan fingerprint density at radius 2 is 1.83 bits per heavy atom. The normalized spacial score (nSPS) is 31.4. The van der Waals surface area contributed by atoms with Crippen molar-refractivity contribution in [2.24, 2.45) is 11.3 Å². The molecule has 2 N–H and O–H groups in total. The van der Waals surface area contributed by atoms with Crippen LogP contribution in [0.3, 0.4) is 0 Å². The largest absolute Gasteiger partial charge is 0.394 e. The van der Waals surface area contributed by atoms with Crippen LogP contribution < -0.4 is 5.32 Å². The summed E-state index contributed by atoms with van der Waals surface area (Å²) in [4.78, 5) is 13.1. The van der Waals surface area contributed by atoms with E-state index in [0.717, 1.165) is 35.4 Å². The number of rotatable bonds is 4. The minimum absolute atomic E-state index is 0.0329. The predicted molar refractivity (Wildman–Crippen MR) is 117 cm³/mol. The maximum absolute atomic E-state index is 13.1. The van der Waals surface area contributed by atoms with Gasteiger partial charge in [0.2, 0.25) is 5.91 Å². The predicted octanol–water partition coefficient (Wildman–Crippen LogP) is 5.12. The van der Waals surface area contributed by atoms with Crippen LogP contribution in [-0.2, 0) is 4.79 Å². The second-order valence-electron chi connectivity index (χ2n) is 8.90. The zero-order valence-electron chi connectivity index (χ0n) is 17.4. The van der Waals surface area contributed by atoms with Crippen molar-refractivity contribution >= 4 is 17.5 Å². The van der Waals surface area contributed by atoms with Gasteiger partial charge in [0.15, 0.2) is 0 Å². The summed E-state index contributed by atoms with van der Waals surface area (Å²) in [6.45, 7) is 6.22. The van der Waals surface area contributed by atoms with Crippen molar-refractivity contribution in [3.8, 4) is 0 Å². The first-order valence-corrected chi connectivity index (χ1v) is 11.0. The summed E-state index contributed by atoms with van der Waals surface area (Å²) < 4.78 is 0. The van der Waals surface area contributed by atoms with Gasteiger partial charge < -0.3 is 10.4 Å². The molecule has 4 heteroatoms. The molecule has 0 bridgehead atoms. The zero-order chi connectivity index (χ0) is 20.8. The monoisotopic (exact) mass is 411 g/mol. The Balaban J connectivity index is 1.88. The van der Waals surface area contributed by atoms with Crippen LogP contribution in [0.15, 0.2) is 42.5 Å². The molecule has 1 heterocycles. The number of carbonyl (C=O) groups excluding carboxylic acids is 1. The van der Waals surface area contributed by atoms with E-state index in [1.807, 2.05) is 6.07 Å². The zero-order valence-corrected chi connectivity index (χ0v) is 18.2. The third-order valence-electron chi connectivity index (χ3n) is 7.41. The van der Waals surface area contributed by atoms with Crippen LogP contribution in [0.25, 0.3) is 0 Å². The molecular weight excluding hydrogens is 382 g/mol. The highest BCUT2D eigenvalue weighted by Gasteiger charge is 2.60. The molecule has 0 unspecified atom stereocenters. The summed E-state index contributed by atoms with van der Waals surface area (Å²) in [5.74, 6) is 0.497. The molecule has 2 aliphatic rings. The lowest BCUT2D eigenvalue weighted by atomic mass is 9.54. The minimum atomic E-state index is -0.420. The van der Waals surface area contributed by atoms with Crippen molar-refractivity contribution in [2.45, 2.75) is 57.9 Å². The van der Waals surface area contributed by atoms with Crippen molar-refractivity contribution in [2.75, 3.05) is 6.61 Å². The second kappa shape index (κ2) is 7.77. The van der Waals surface area contributed by atoms with Crippen LogP contribution in [0, 0.1) is 25.2 Å². The number of hydrogen-bond acceptors (Lipinski definition) is 2. The lowest BCUT2D eigenvalue weighted by Crippen LogP contribution is -2.45. The molecule has 2 aromatic carbocycles. The fraction of sp³-hybridized carbons (Fsp3) is 0.480. The molecule has 0 radical (unpaired) electrons. The molecule has 1 aliphatic heterocycles. The fourth-order valence-corrected chi connectivity index (χ4v) is 6.27. The van der Waals surface area contributed by atoms with E-state index in [2.05, 4.69) is 62.5 Å². The van der Waals surface area contributed by atoms with Gasteiger partial charge in [0.25, 0.3) is 0 Å². The average molecular weight is 412 g/mol. The van der Waals surface area contributed by atoms with E-state index in [1.165, 1.54) is 11.1 Å². The molecule has 5 atom stereocenters. The number of halogens is 1. The fourth-order valence-electron chi connectivity index (χ4n) is 5.90. The topological polar surface area (TPSA) is 49.3 Å². The second-order valence-corrected chi connectivity index (χ2v) is 9.31. The number of amides is 1. The maximum atomic E-state index is 13.1. The molecule has 1 saturated heterocycles. The van der Waals surface area contributed by atoms with E-state index in [1.54, 1.807) is 0 Å². The van der Waals surface area contributed by atoms with Crippen molar-refractivity contribution < 1.29 is 9.90 Å². The molecule has 2 fully saturated rings. The quantitative estimate of drug-likeness (QED) is 0.733. The van der Waals surface area contributed by atoms with Crippen molar-refractivity contribution in [3.05, 3.63) is 69.7 Å². The summed E-state index contributed by atoms with van der Waals surface area (Å²) in [7, 11) is 0. The van der Waals surface area contributed by atoms with Crippen LogP contribution in [0.1, 0.15) is 60.3 Å². The summed E-state index contributed by atoms with van der Waals surface area (Å²) in [6.07, 6.45) is 2.53. The first-order chi connectivity index (χ1) is 13.9. The molecule has 1 amide bonds. The summed E-state index contributed by atoms with van der Waals surface area (Å²) in [5, 5.41) is 14.1. The Bertz CT molecular complexity index is 910. The number of hydrogen-bond donors (Lipinski definition) is 2. The third kappa shape index (κ3) is 3.29. The van der Waals surface area contributed by atoms with Gasteiger partial charge in [-0.2, -0.15) is 0 Å². The number of aryl methyl sites for hydroxylation is 2. The summed E-state index contributed by atoms with van der Waals surface area (Å²) in [6, 6.07) is 14.8. The Kier molecular flexibility index (Phi) is 5.48. The van der Waals surface area contributed by atoms with E-state index in [0.29, 0.717) is 0 Å². The van der Waals surface area contributed by atoms with Crippen LogP contribution in [-0.4, -0.2) is 23.7 Å². The van der Waals surface area contributed by atoms with E-state index < -0.39 is 5.41 Å². The lowest BCUT2D eigenvalue weighted by molar-refractivity contribution is -0.131. The van der Waals surface area contributed by atoms with Crippen molar-refractivity contribution in [1.29, 1.82) is 0 Å². The molecule has 29 heavy (non-hydrogen) atoms. The first kappa shape index (κ1) is 20.4. The Hall–Kier alpha value is -1.84. The van der Waals surface area contributed by atoms with E-state index in [9.17, 15) is 9.90 Å². The van der Waals surface area contributed by atoms with Gasteiger partial charge >= 0.3 is 0 Å². The highest BCUT2D eigenvalue weighted by Crippen LogP contribution is 2.60. The standard InChI is InChI=1S/C25H30ClNO2/c1-4-25-12-11-19(18-10-7-16(3)13-20(18)26)22(17-8-5-15(2)6-9-17)23(25)21(14-28)27-24(25)29/h5-10,13,19,21-23,28H,4,11-12,14H2,1-3H3,(H,27,29)/t19-,21+,22-,23-,25+/m0/s1. The van der Waals surface area contributed by atoms with Gasteiger partial charge in [0.1, 0.15) is 0 Å². The van der Waals surface area contributed by atoms with Gasteiger partial charge in [0.05, 0.1) is 18.1 Å². The SMILES string of the molecule is CC[C@@]12CC[C@@H](c3ccc(C)cc3Cl)[C@H](c3ccc(C)cc3)[C@@H]1[C@@H](CO)NC2=O. The molecular formula is C25H30ClNO2. The average Bonchev–Trinajstić information content (AvgIpc) is 3.00. The minimum Gasteiger partial charge on any atom is -0.394 e. The maximum Gasteiger partial charge on any atom is 0.226 e. The van der Waals surface area contributed by atoms with Gasteiger partial charge in [-0.15, -0.1) is 0 Å². The van der Waals surface area contributed by atoms with Crippen molar-refractivity contribution in [1.82, 2.24) is 5.32 Å². The molecule has 1 saturated carbocycles. The van der Waals surface area contributed by atoms with Gasteiger partial charge in [-0.1, -0.05) is 60.5 Å². The van der Waals surface area contributed by atoms with Gasteiger partial charge in [-0.05, 0) is 67.7 Å². The van der Waals surface area contributed by atoms with Crippen LogP contribution in [0.5, 0.6) is 0 Å². The Morgan fingerprint density at radius 1 is 1.14 bits per heavy atom. The van der Waals surface area contributed by atoms with Crippen LogP contribution >= 0.6 is 11.6 Å². The summed E-state index contributed by atoms with van der Waals surface area (Å²) >= 11 is 6.72. The number of carbonyl (C=O) groups is 1. The number of aliphatic hydroxyl groups is 1. The smallest absolute Gasteiger partial charge is 0.226 e. The van der Waals surface area contributed by atoms with E-state index in [-0.39, 0.29) is 36.3 Å². The molecule has 154 valence electrons. The van der Waals surface area contributed by atoms with Crippen molar-refractivity contribution in [3.63, 3.8) is 0 Å². The molecule has 2 aromatic rings. The molecule has 1 aliphatic carbocycles. The molecule has 0 spiro atoms. The summed E-state index contributed by atoms with van der Waals surface area (Å²) in [5.41, 5.74) is 4.33. The lowest BCUT2D eigenvalue weighted by Gasteiger charge is -2.48. The highest BCUT2D eigenvalue weighted by atomic mass is 35.5. The highest BCUT2D eigenvalue weighted by molar-refractivity contribution is 6.31.